The van der Waals surface area contributed by atoms with Gasteiger partial charge in [-0.3, -0.25) is 0 Å². The Balaban J connectivity index is 1.61. The van der Waals surface area contributed by atoms with Gasteiger partial charge in [0.05, 0.1) is 0 Å². The van der Waals surface area contributed by atoms with Crippen molar-refractivity contribution in [3.05, 3.63) is 46.2 Å². The summed E-state index contributed by atoms with van der Waals surface area (Å²) in [5, 5.41) is 2.55. The van der Waals surface area contributed by atoms with Crippen LogP contribution >= 0.6 is 45.3 Å². The molecule has 282 valence electrons. The summed E-state index contributed by atoms with van der Waals surface area (Å²) in [5.41, 5.74) is 2.51. The molecule has 4 aromatic heterocycles. The first-order valence-electron chi connectivity index (χ1n) is 19.3. The molecule has 1 aromatic carbocycles. The summed E-state index contributed by atoms with van der Waals surface area (Å²) in [6, 6.07) is 13.2. The third-order valence-corrected chi connectivity index (χ3v) is 33.4. The zero-order valence-corrected chi connectivity index (χ0v) is 41.9. The predicted octanol–water partition coefficient (Wildman–Crippen LogP) is 13.4. The first-order chi connectivity index (χ1) is 24.7. The quantitative estimate of drug-likeness (QED) is 0.0648. The fourth-order valence-corrected chi connectivity index (χ4v) is 21.4. The molecule has 52 heavy (non-hydrogen) atoms. The molecule has 0 amide bonds. The number of thiophene rings is 4. The van der Waals surface area contributed by atoms with Crippen molar-refractivity contribution < 1.29 is 19.1 Å². The molecular formula is C42H58O4S4Sn2. The van der Waals surface area contributed by atoms with E-state index in [4.69, 9.17) is 9.47 Å². The standard InChI is InChI=1S/C36H40O4S4.6CH3.2Sn/c1-5-9-11-23(7-3)21-39-35(37)29-15-13-27(43-29)31-25-17-19-42-34(25)32(26-18-20-41-33(26)31)28-14-16-30(44-28)36(38)40-22-24(8-4)12-10-6-2;;;;;;;;/h13-18,23-24H,5-12,21-22H2,1-4H3;6*1H3;;. The summed E-state index contributed by atoms with van der Waals surface area (Å²) in [6.07, 6.45) is 8.90. The van der Waals surface area contributed by atoms with Crippen molar-refractivity contribution in [2.24, 2.45) is 11.8 Å². The van der Waals surface area contributed by atoms with E-state index in [1.165, 1.54) is 49.9 Å². The normalized spacial score (nSPS) is 13.6. The summed E-state index contributed by atoms with van der Waals surface area (Å²) in [6.45, 7) is 9.76. The summed E-state index contributed by atoms with van der Waals surface area (Å²) in [5.74, 6) is 0.405. The summed E-state index contributed by atoms with van der Waals surface area (Å²) in [4.78, 5) is 45.3. The first-order valence-corrected chi connectivity index (χ1v) is 42.5. The fourth-order valence-electron chi connectivity index (χ4n) is 6.49. The zero-order chi connectivity index (χ0) is 37.8. The van der Waals surface area contributed by atoms with Crippen molar-refractivity contribution in [3.8, 4) is 20.9 Å². The number of benzene rings is 1. The Labute approximate surface area is 336 Å². The van der Waals surface area contributed by atoms with Crippen molar-refractivity contribution >= 4 is 120 Å². The number of hydrogen-bond donors (Lipinski definition) is 0. The van der Waals surface area contributed by atoms with Crippen LogP contribution in [0, 0.1) is 11.8 Å². The Morgan fingerprint density at radius 1 is 0.596 bits per heavy atom. The van der Waals surface area contributed by atoms with Gasteiger partial charge in [-0.2, -0.15) is 0 Å². The van der Waals surface area contributed by atoms with E-state index in [1.54, 1.807) is 22.7 Å². The number of ether oxygens (including phenoxy) is 2. The SMILES string of the molecule is CCCCC(CC)COC(=O)c1ccc(-c2c3c[c]([Sn]([CH3])([CH3])[CH3])sc3c(-c3ccc(C(=O)OCC(CC)CCCC)s3)c3c[c]([Sn]([CH3])([CH3])[CH3])sc23)s1. The van der Waals surface area contributed by atoms with E-state index >= 15 is 0 Å². The van der Waals surface area contributed by atoms with Crippen molar-refractivity contribution in [1.82, 2.24) is 0 Å². The second-order valence-corrected chi connectivity index (χ2v) is 51.4. The van der Waals surface area contributed by atoms with E-state index in [9.17, 15) is 9.59 Å². The summed E-state index contributed by atoms with van der Waals surface area (Å²) in [7, 11) is 0. The fraction of sp³-hybridized carbons (Fsp3) is 0.524. The molecule has 4 heterocycles. The molecule has 0 aliphatic heterocycles. The van der Waals surface area contributed by atoms with Gasteiger partial charge in [0.25, 0.3) is 0 Å². The summed E-state index contributed by atoms with van der Waals surface area (Å²) >= 11 is 2.06. The van der Waals surface area contributed by atoms with Gasteiger partial charge in [-0.25, -0.2) is 0 Å². The van der Waals surface area contributed by atoms with Gasteiger partial charge in [0.1, 0.15) is 0 Å². The molecule has 0 N–H and O–H groups in total. The van der Waals surface area contributed by atoms with Crippen LogP contribution in [0.25, 0.3) is 41.1 Å². The molecule has 0 saturated carbocycles. The molecule has 2 atom stereocenters. The average Bonchev–Trinajstić information content (AvgIpc) is 3.92. The minimum atomic E-state index is -2.50. The van der Waals surface area contributed by atoms with Crippen LogP contribution in [0.4, 0.5) is 0 Å². The van der Waals surface area contributed by atoms with E-state index in [2.05, 4.69) is 81.6 Å². The topological polar surface area (TPSA) is 52.6 Å². The van der Waals surface area contributed by atoms with Crippen molar-refractivity contribution in [1.29, 1.82) is 0 Å². The molecule has 5 aromatic rings. The predicted molar refractivity (Wildman–Crippen MR) is 237 cm³/mol. The Morgan fingerprint density at radius 2 is 0.981 bits per heavy atom. The Morgan fingerprint density at radius 3 is 1.31 bits per heavy atom. The van der Waals surface area contributed by atoms with Crippen LogP contribution in [0.15, 0.2) is 36.4 Å². The second-order valence-electron chi connectivity index (χ2n) is 16.3. The van der Waals surface area contributed by atoms with Crippen molar-refractivity contribution in [2.45, 2.75) is 109 Å². The van der Waals surface area contributed by atoms with Crippen molar-refractivity contribution in [3.63, 3.8) is 0 Å². The van der Waals surface area contributed by atoms with Gasteiger partial charge >= 0.3 is 286 Å². The molecule has 0 aliphatic carbocycles. The van der Waals surface area contributed by atoms with Gasteiger partial charge in [-0.1, -0.05) is 53.4 Å². The Bertz CT molecular complexity index is 1790. The number of unbranched alkanes of at least 4 members (excludes halogenated alkanes) is 2. The van der Waals surface area contributed by atoms with E-state index < -0.39 is 36.8 Å². The van der Waals surface area contributed by atoms with Gasteiger partial charge in [-0.15, -0.1) is 0 Å². The molecule has 5 rings (SSSR count). The third kappa shape index (κ3) is 9.89. The molecule has 0 bridgehead atoms. The molecular weight excluding hydrogens is 934 g/mol. The van der Waals surface area contributed by atoms with E-state index in [-0.39, 0.29) is 11.9 Å². The van der Waals surface area contributed by atoms with E-state index in [0.29, 0.717) is 34.8 Å². The number of carbonyl (C=O) groups is 2. The van der Waals surface area contributed by atoms with Gasteiger partial charge < -0.3 is 0 Å². The van der Waals surface area contributed by atoms with Crippen LogP contribution in [0.5, 0.6) is 0 Å². The van der Waals surface area contributed by atoms with E-state index in [1.807, 2.05) is 34.8 Å². The molecule has 0 spiro atoms. The van der Waals surface area contributed by atoms with Crippen LogP contribution in [0.3, 0.4) is 0 Å². The van der Waals surface area contributed by atoms with Crippen LogP contribution < -0.4 is 5.79 Å². The van der Waals surface area contributed by atoms with Crippen LogP contribution in [-0.2, 0) is 9.47 Å². The molecule has 0 aliphatic rings. The van der Waals surface area contributed by atoms with Crippen LogP contribution in [-0.4, -0.2) is 61.9 Å². The van der Waals surface area contributed by atoms with Crippen molar-refractivity contribution in [2.75, 3.05) is 13.2 Å². The molecule has 10 heteroatoms. The van der Waals surface area contributed by atoms with Crippen LogP contribution in [0.2, 0.25) is 29.6 Å². The molecule has 0 fully saturated rings. The maximum absolute atomic E-state index is 13.4. The number of hydrogen-bond acceptors (Lipinski definition) is 8. The molecule has 0 saturated heterocycles. The maximum atomic E-state index is 13.4. The monoisotopic (exact) mass is 994 g/mol. The number of fused-ring (bicyclic) bond motifs is 2. The Hall–Kier alpha value is -0.923. The number of carbonyl (C=O) groups excluding carboxylic acids is 2. The molecule has 0 radical (unpaired) electrons. The van der Waals surface area contributed by atoms with Crippen LogP contribution in [0.1, 0.15) is 98.4 Å². The molecule has 2 unspecified atom stereocenters. The minimum absolute atomic E-state index is 0.210. The molecule has 4 nitrogen and oxygen atoms in total. The van der Waals surface area contributed by atoms with E-state index in [0.717, 1.165) is 48.3 Å². The number of rotatable bonds is 18. The number of esters is 2. The summed E-state index contributed by atoms with van der Waals surface area (Å²) < 4.78 is 17.5. The van der Waals surface area contributed by atoms with Gasteiger partial charge in [0.2, 0.25) is 0 Å². The second kappa shape index (κ2) is 18.3. The Kier molecular flexibility index (Phi) is 14.9. The van der Waals surface area contributed by atoms with Gasteiger partial charge in [0.15, 0.2) is 0 Å². The van der Waals surface area contributed by atoms with Gasteiger partial charge in [-0.05, 0) is 0 Å². The first kappa shape index (κ1) is 42.2. The average molecular weight is 993 g/mol. The van der Waals surface area contributed by atoms with Gasteiger partial charge in [0, 0.05) is 0 Å². The third-order valence-electron chi connectivity index (χ3n) is 10.0. The zero-order valence-electron chi connectivity index (χ0n) is 33.0.